The van der Waals surface area contributed by atoms with Crippen LogP contribution in [0.4, 0.5) is 0 Å². The Morgan fingerprint density at radius 2 is 0.978 bits per heavy atom. The molecule has 0 N–H and O–H groups in total. The predicted molar refractivity (Wildman–Crippen MR) is 190 cm³/mol. The van der Waals surface area contributed by atoms with Crippen molar-refractivity contribution in [2.24, 2.45) is 0 Å². The van der Waals surface area contributed by atoms with Crippen molar-refractivity contribution in [1.82, 2.24) is 9.13 Å². The van der Waals surface area contributed by atoms with E-state index in [1.807, 2.05) is 18.2 Å². The highest BCUT2D eigenvalue weighted by atomic mass is 16.3. The van der Waals surface area contributed by atoms with Gasteiger partial charge in [0.05, 0.1) is 33.1 Å². The fourth-order valence-corrected chi connectivity index (χ4v) is 7.80. The Bertz CT molecular complexity index is 2990. The summed E-state index contributed by atoms with van der Waals surface area (Å²) in [5.41, 5.74) is 10.4. The summed E-state index contributed by atoms with van der Waals surface area (Å²) >= 11 is 0. The average molecular weight is 589 g/mol. The number of hydrogen-bond donors (Lipinski definition) is 0. The highest BCUT2D eigenvalue weighted by Crippen LogP contribution is 2.44. The minimum Gasteiger partial charge on any atom is -0.456 e. The zero-order valence-corrected chi connectivity index (χ0v) is 24.6. The zero-order valence-electron chi connectivity index (χ0n) is 24.6. The van der Waals surface area contributed by atoms with E-state index in [9.17, 15) is 0 Å². The molecule has 0 aliphatic heterocycles. The normalized spacial score (nSPS) is 12.3. The van der Waals surface area contributed by atoms with Gasteiger partial charge >= 0.3 is 0 Å². The Hall–Kier alpha value is -6.26. The maximum Gasteiger partial charge on any atom is 0.145 e. The van der Waals surface area contributed by atoms with Crippen molar-refractivity contribution < 1.29 is 8.83 Å². The van der Waals surface area contributed by atoms with Crippen LogP contribution in [0.25, 0.3) is 98.9 Å². The minimum atomic E-state index is 0.882. The van der Waals surface area contributed by atoms with Crippen LogP contribution in [0.15, 0.2) is 154 Å². The maximum atomic E-state index is 6.67. The van der Waals surface area contributed by atoms with Crippen molar-refractivity contribution in [1.29, 1.82) is 0 Å². The molecule has 46 heavy (non-hydrogen) atoms. The largest absolute Gasteiger partial charge is 0.456 e. The highest BCUT2D eigenvalue weighted by Gasteiger charge is 2.23. The molecule has 4 aromatic heterocycles. The van der Waals surface area contributed by atoms with E-state index in [0.29, 0.717) is 0 Å². The number of para-hydroxylation sites is 5. The van der Waals surface area contributed by atoms with Gasteiger partial charge in [0.15, 0.2) is 0 Å². The van der Waals surface area contributed by atoms with Crippen LogP contribution in [-0.2, 0) is 0 Å². The molecular formula is C42H24N2O2. The summed E-state index contributed by atoms with van der Waals surface area (Å²) in [7, 11) is 0. The zero-order chi connectivity index (χ0) is 29.9. The fourth-order valence-electron chi connectivity index (χ4n) is 7.80. The quantitative estimate of drug-likeness (QED) is 0.201. The number of nitrogens with zero attached hydrogens (tertiary/aromatic N) is 2. The maximum absolute atomic E-state index is 6.67. The first kappa shape index (κ1) is 24.1. The smallest absolute Gasteiger partial charge is 0.145 e. The molecule has 214 valence electrons. The Kier molecular flexibility index (Phi) is 4.55. The Morgan fingerprint density at radius 1 is 0.370 bits per heavy atom. The fraction of sp³-hybridized carbons (Fsp3) is 0. The SMILES string of the molecule is c1ccc2c(c1)oc1ccc(-n3c4ccc5c6ccccc6oc5c4c4cccc(-n5c6ccccc6c6ccccc65)c43)cc12. The lowest BCUT2D eigenvalue weighted by atomic mass is 10.1. The molecule has 0 radical (unpaired) electrons. The molecule has 7 aromatic carbocycles. The monoisotopic (exact) mass is 588 g/mol. The van der Waals surface area contributed by atoms with Crippen LogP contribution < -0.4 is 0 Å². The first-order valence-corrected chi connectivity index (χ1v) is 15.6. The molecule has 0 saturated heterocycles. The third-order valence-electron chi connectivity index (χ3n) is 9.71. The molecule has 0 unspecified atom stereocenters. The van der Waals surface area contributed by atoms with Crippen LogP contribution in [0.5, 0.6) is 0 Å². The van der Waals surface area contributed by atoms with Gasteiger partial charge in [-0.15, -0.1) is 0 Å². The second-order valence-corrected chi connectivity index (χ2v) is 12.1. The lowest BCUT2D eigenvalue weighted by molar-refractivity contribution is 0.669. The molecule has 0 spiro atoms. The van der Waals surface area contributed by atoms with E-state index in [-0.39, 0.29) is 0 Å². The molecule has 0 amide bonds. The summed E-state index contributed by atoms with van der Waals surface area (Å²) in [5.74, 6) is 0. The van der Waals surface area contributed by atoms with Gasteiger partial charge in [-0.3, -0.25) is 0 Å². The van der Waals surface area contributed by atoms with Gasteiger partial charge in [0.25, 0.3) is 0 Å². The van der Waals surface area contributed by atoms with Crippen LogP contribution in [0.1, 0.15) is 0 Å². The lowest BCUT2D eigenvalue weighted by Crippen LogP contribution is -2.00. The summed E-state index contributed by atoms with van der Waals surface area (Å²) in [6.45, 7) is 0. The molecule has 4 nitrogen and oxygen atoms in total. The topological polar surface area (TPSA) is 36.1 Å². The van der Waals surface area contributed by atoms with E-state index < -0.39 is 0 Å². The molecule has 0 aliphatic carbocycles. The summed E-state index contributed by atoms with van der Waals surface area (Å²) in [5, 5.41) is 9.21. The summed E-state index contributed by atoms with van der Waals surface area (Å²) in [4.78, 5) is 0. The first-order chi connectivity index (χ1) is 22.8. The summed E-state index contributed by atoms with van der Waals surface area (Å²) in [6.07, 6.45) is 0. The van der Waals surface area contributed by atoms with Crippen molar-refractivity contribution in [3.05, 3.63) is 146 Å². The molecule has 0 fully saturated rings. The highest BCUT2D eigenvalue weighted by molar-refractivity contribution is 6.25. The van der Waals surface area contributed by atoms with Gasteiger partial charge in [0, 0.05) is 43.4 Å². The lowest BCUT2D eigenvalue weighted by Gasteiger charge is -2.14. The molecule has 4 heterocycles. The Labute approximate surface area is 261 Å². The third-order valence-corrected chi connectivity index (χ3v) is 9.71. The van der Waals surface area contributed by atoms with Gasteiger partial charge < -0.3 is 18.0 Å². The number of fused-ring (bicyclic) bond motifs is 13. The molecule has 0 atom stereocenters. The standard InChI is InChI=1S/C42H24N2O2/c1-5-15-33-26(10-1)27-11-2-6-16-34(27)44(33)36-17-9-14-31-40-35(22-21-30-28-12-3-8-19-38(28)46-42(30)40)43(41(31)36)25-20-23-39-32(24-25)29-13-4-7-18-37(29)45-39/h1-24H. The number of hydrogen-bond acceptors (Lipinski definition) is 2. The predicted octanol–water partition coefficient (Wildman–Crippen LogP) is 11.7. The van der Waals surface area contributed by atoms with Crippen molar-refractivity contribution >= 4 is 87.5 Å². The van der Waals surface area contributed by atoms with Crippen molar-refractivity contribution in [3.63, 3.8) is 0 Å². The van der Waals surface area contributed by atoms with E-state index in [4.69, 9.17) is 8.83 Å². The van der Waals surface area contributed by atoms with Gasteiger partial charge in [-0.25, -0.2) is 0 Å². The number of aromatic nitrogens is 2. The molecule has 4 heteroatoms. The molecule has 11 aromatic rings. The van der Waals surface area contributed by atoms with Gasteiger partial charge in [0.2, 0.25) is 0 Å². The van der Waals surface area contributed by atoms with E-state index in [1.54, 1.807) is 0 Å². The van der Waals surface area contributed by atoms with Crippen LogP contribution in [0, 0.1) is 0 Å². The second kappa shape index (κ2) is 8.68. The summed E-state index contributed by atoms with van der Waals surface area (Å²) < 4.78 is 17.8. The number of rotatable bonds is 2. The third kappa shape index (κ3) is 3.03. The van der Waals surface area contributed by atoms with Crippen LogP contribution in [0.3, 0.4) is 0 Å². The molecular weight excluding hydrogens is 564 g/mol. The second-order valence-electron chi connectivity index (χ2n) is 12.1. The first-order valence-electron chi connectivity index (χ1n) is 15.6. The van der Waals surface area contributed by atoms with E-state index in [0.717, 1.165) is 77.1 Å². The van der Waals surface area contributed by atoms with E-state index in [1.165, 1.54) is 21.8 Å². The van der Waals surface area contributed by atoms with Crippen LogP contribution in [0.2, 0.25) is 0 Å². The Balaban J connectivity index is 1.36. The van der Waals surface area contributed by atoms with Gasteiger partial charge in [-0.2, -0.15) is 0 Å². The Morgan fingerprint density at radius 3 is 1.74 bits per heavy atom. The number of furan rings is 2. The van der Waals surface area contributed by atoms with Gasteiger partial charge in [-0.1, -0.05) is 84.9 Å². The average Bonchev–Trinajstić information content (AvgIpc) is 3.85. The molecule has 0 saturated carbocycles. The molecule has 11 rings (SSSR count). The van der Waals surface area contributed by atoms with E-state index in [2.05, 4.69) is 137 Å². The van der Waals surface area contributed by atoms with E-state index >= 15 is 0 Å². The van der Waals surface area contributed by atoms with Crippen molar-refractivity contribution in [3.8, 4) is 11.4 Å². The molecule has 0 bridgehead atoms. The van der Waals surface area contributed by atoms with Crippen molar-refractivity contribution in [2.45, 2.75) is 0 Å². The molecule has 0 aliphatic rings. The van der Waals surface area contributed by atoms with Crippen molar-refractivity contribution in [2.75, 3.05) is 0 Å². The van der Waals surface area contributed by atoms with Gasteiger partial charge in [-0.05, 0) is 60.7 Å². The van der Waals surface area contributed by atoms with Crippen LogP contribution >= 0.6 is 0 Å². The van der Waals surface area contributed by atoms with Gasteiger partial charge in [0.1, 0.15) is 22.3 Å². The minimum absolute atomic E-state index is 0.882. The van der Waals surface area contributed by atoms with Crippen LogP contribution in [-0.4, -0.2) is 9.13 Å². The summed E-state index contributed by atoms with van der Waals surface area (Å²) in [6, 6.07) is 51.7. The number of benzene rings is 7.